The van der Waals surface area contributed by atoms with E-state index in [1.54, 1.807) is 0 Å². The lowest BCUT2D eigenvalue weighted by molar-refractivity contribution is 0.0601. The van der Waals surface area contributed by atoms with Crippen LogP contribution in [0.15, 0.2) is 53.1 Å². The summed E-state index contributed by atoms with van der Waals surface area (Å²) in [6.45, 7) is 0.773. The van der Waals surface area contributed by atoms with Crippen molar-refractivity contribution in [2.24, 2.45) is 0 Å². The molecule has 27 heavy (non-hydrogen) atoms. The minimum Gasteiger partial charge on any atom is -0.465 e. The van der Waals surface area contributed by atoms with Gasteiger partial charge in [-0.3, -0.25) is 0 Å². The lowest BCUT2D eigenvalue weighted by Crippen LogP contribution is -2.04. The van der Waals surface area contributed by atoms with Crippen molar-refractivity contribution in [1.29, 1.82) is 0 Å². The van der Waals surface area contributed by atoms with Crippen LogP contribution in [0.5, 0.6) is 0 Å². The first-order valence-corrected chi connectivity index (χ1v) is 10.4. The van der Waals surface area contributed by atoms with Gasteiger partial charge in [0.2, 0.25) is 0 Å². The highest BCUT2D eigenvalue weighted by Crippen LogP contribution is 2.38. The SMILES string of the molecule is COC(=O)c1ccc2c(C3CCCCC3)cn(Cc3ccccc3Br)c2c1. The first-order valence-electron chi connectivity index (χ1n) is 9.62. The van der Waals surface area contributed by atoms with E-state index in [2.05, 4.69) is 51.0 Å². The molecule has 1 saturated carbocycles. The van der Waals surface area contributed by atoms with E-state index in [0.717, 1.165) is 16.5 Å². The average molecular weight is 426 g/mol. The number of aromatic nitrogens is 1. The predicted molar refractivity (Wildman–Crippen MR) is 112 cm³/mol. The molecule has 0 bridgehead atoms. The van der Waals surface area contributed by atoms with Gasteiger partial charge in [-0.05, 0) is 48.1 Å². The van der Waals surface area contributed by atoms with Crippen molar-refractivity contribution < 1.29 is 9.53 Å². The molecule has 0 N–H and O–H groups in total. The quantitative estimate of drug-likeness (QED) is 0.460. The van der Waals surface area contributed by atoms with Crippen LogP contribution in [0.3, 0.4) is 0 Å². The first-order chi connectivity index (χ1) is 13.2. The summed E-state index contributed by atoms with van der Waals surface area (Å²) in [5.41, 5.74) is 4.36. The third kappa shape index (κ3) is 3.68. The van der Waals surface area contributed by atoms with Crippen LogP contribution in [0.4, 0.5) is 0 Å². The fourth-order valence-corrected chi connectivity index (χ4v) is 4.66. The zero-order valence-corrected chi connectivity index (χ0v) is 17.2. The van der Waals surface area contributed by atoms with Gasteiger partial charge in [-0.1, -0.05) is 59.5 Å². The molecule has 1 heterocycles. The third-order valence-corrected chi connectivity index (χ3v) is 6.45. The Morgan fingerprint density at radius 3 is 2.67 bits per heavy atom. The minimum absolute atomic E-state index is 0.287. The highest BCUT2D eigenvalue weighted by molar-refractivity contribution is 9.10. The van der Waals surface area contributed by atoms with Gasteiger partial charge in [0.15, 0.2) is 0 Å². The number of carbonyl (C=O) groups is 1. The Hall–Kier alpha value is -2.07. The van der Waals surface area contributed by atoms with Crippen LogP contribution in [0, 0.1) is 0 Å². The summed E-state index contributed by atoms with van der Waals surface area (Å²) in [4.78, 5) is 12.1. The first kappa shape index (κ1) is 18.3. The summed E-state index contributed by atoms with van der Waals surface area (Å²) in [6, 6.07) is 14.3. The summed E-state index contributed by atoms with van der Waals surface area (Å²) in [7, 11) is 1.43. The van der Waals surface area contributed by atoms with Crippen LogP contribution in [-0.2, 0) is 11.3 Å². The van der Waals surface area contributed by atoms with Gasteiger partial charge < -0.3 is 9.30 Å². The van der Waals surface area contributed by atoms with Crippen LogP contribution in [0.1, 0.15) is 59.5 Å². The number of rotatable bonds is 4. The van der Waals surface area contributed by atoms with E-state index >= 15 is 0 Å². The number of methoxy groups -OCH3 is 1. The van der Waals surface area contributed by atoms with Crippen LogP contribution in [0.25, 0.3) is 10.9 Å². The van der Waals surface area contributed by atoms with Crippen molar-refractivity contribution in [2.45, 2.75) is 44.6 Å². The standard InChI is InChI=1S/C23H24BrNO2/c1-27-23(26)17-11-12-19-20(16-7-3-2-4-8-16)15-25(22(19)13-17)14-18-9-5-6-10-21(18)24/h5-6,9-13,15-16H,2-4,7-8,14H2,1H3. The fraction of sp³-hybridized carbons (Fsp3) is 0.348. The molecule has 0 saturated heterocycles. The molecular weight excluding hydrogens is 402 g/mol. The molecule has 2 aromatic carbocycles. The second-order valence-electron chi connectivity index (χ2n) is 7.36. The van der Waals surface area contributed by atoms with E-state index in [0.29, 0.717) is 11.5 Å². The highest BCUT2D eigenvalue weighted by Gasteiger charge is 2.21. The number of halogens is 1. The lowest BCUT2D eigenvalue weighted by atomic mass is 9.84. The van der Waals surface area contributed by atoms with Crippen molar-refractivity contribution in [2.75, 3.05) is 7.11 Å². The summed E-state index contributed by atoms with van der Waals surface area (Å²) < 4.78 is 8.32. The van der Waals surface area contributed by atoms with E-state index in [9.17, 15) is 4.79 Å². The van der Waals surface area contributed by atoms with Crippen LogP contribution in [0.2, 0.25) is 0 Å². The van der Waals surface area contributed by atoms with Gasteiger partial charge in [-0.2, -0.15) is 0 Å². The molecule has 0 aliphatic heterocycles. The van der Waals surface area contributed by atoms with Crippen LogP contribution in [-0.4, -0.2) is 17.6 Å². The lowest BCUT2D eigenvalue weighted by Gasteiger charge is -2.21. The van der Waals surface area contributed by atoms with E-state index < -0.39 is 0 Å². The van der Waals surface area contributed by atoms with Crippen molar-refractivity contribution in [3.05, 3.63) is 69.8 Å². The van der Waals surface area contributed by atoms with Crippen molar-refractivity contribution in [1.82, 2.24) is 4.57 Å². The second kappa shape index (κ2) is 7.89. The Bertz CT molecular complexity index is 970. The summed E-state index contributed by atoms with van der Waals surface area (Å²) in [5, 5.41) is 1.27. The molecule has 1 fully saturated rings. The number of nitrogens with zero attached hydrogens (tertiary/aromatic N) is 1. The summed E-state index contributed by atoms with van der Waals surface area (Å²) >= 11 is 3.66. The fourth-order valence-electron chi connectivity index (χ4n) is 4.25. The minimum atomic E-state index is -0.287. The number of ether oxygens (including phenoxy) is 1. The van der Waals surface area contributed by atoms with Gasteiger partial charge in [0, 0.05) is 28.1 Å². The normalized spacial score (nSPS) is 15.2. The van der Waals surface area contributed by atoms with Gasteiger partial charge in [0.05, 0.1) is 12.7 Å². The Morgan fingerprint density at radius 2 is 1.93 bits per heavy atom. The molecule has 3 aromatic rings. The molecule has 1 aliphatic carbocycles. The average Bonchev–Trinajstić information content (AvgIpc) is 3.07. The molecule has 4 heteroatoms. The molecule has 1 aromatic heterocycles. The van der Waals surface area contributed by atoms with Crippen LogP contribution < -0.4 is 0 Å². The molecule has 0 spiro atoms. The molecule has 0 radical (unpaired) electrons. The largest absolute Gasteiger partial charge is 0.465 e. The van der Waals surface area contributed by atoms with Crippen molar-refractivity contribution in [3.8, 4) is 0 Å². The van der Waals surface area contributed by atoms with Crippen molar-refractivity contribution in [3.63, 3.8) is 0 Å². The summed E-state index contributed by atoms with van der Waals surface area (Å²) in [5.74, 6) is 0.329. The van der Waals surface area contributed by atoms with E-state index in [4.69, 9.17) is 4.74 Å². The molecule has 0 atom stereocenters. The Morgan fingerprint density at radius 1 is 1.15 bits per heavy atom. The van der Waals surface area contributed by atoms with Crippen LogP contribution >= 0.6 is 15.9 Å². The smallest absolute Gasteiger partial charge is 0.337 e. The third-order valence-electron chi connectivity index (χ3n) is 5.68. The molecule has 4 rings (SSSR count). The Labute approximate surface area is 168 Å². The van der Waals surface area contributed by atoms with E-state index in [1.807, 2.05) is 18.2 Å². The topological polar surface area (TPSA) is 31.2 Å². The highest BCUT2D eigenvalue weighted by atomic mass is 79.9. The number of benzene rings is 2. The van der Waals surface area contributed by atoms with E-state index in [1.165, 1.54) is 55.7 Å². The van der Waals surface area contributed by atoms with Gasteiger partial charge in [0.1, 0.15) is 0 Å². The number of hydrogen-bond acceptors (Lipinski definition) is 2. The van der Waals surface area contributed by atoms with Gasteiger partial charge >= 0.3 is 5.97 Å². The number of esters is 1. The van der Waals surface area contributed by atoms with Crippen molar-refractivity contribution >= 4 is 32.8 Å². The Kier molecular flexibility index (Phi) is 5.35. The van der Waals surface area contributed by atoms with Gasteiger partial charge in [-0.15, -0.1) is 0 Å². The molecular formula is C23H24BrNO2. The second-order valence-corrected chi connectivity index (χ2v) is 8.22. The zero-order valence-electron chi connectivity index (χ0n) is 15.6. The number of hydrogen-bond donors (Lipinski definition) is 0. The van der Waals surface area contributed by atoms with E-state index in [-0.39, 0.29) is 5.97 Å². The molecule has 140 valence electrons. The molecule has 3 nitrogen and oxygen atoms in total. The molecule has 0 unspecified atom stereocenters. The molecule has 0 amide bonds. The maximum atomic E-state index is 12.1. The van der Waals surface area contributed by atoms with Gasteiger partial charge in [-0.25, -0.2) is 4.79 Å². The zero-order chi connectivity index (χ0) is 18.8. The number of fused-ring (bicyclic) bond motifs is 1. The molecule has 1 aliphatic rings. The maximum absolute atomic E-state index is 12.1. The van der Waals surface area contributed by atoms with Gasteiger partial charge in [0.25, 0.3) is 0 Å². The number of carbonyl (C=O) groups excluding carboxylic acids is 1. The monoisotopic (exact) mass is 425 g/mol. The maximum Gasteiger partial charge on any atom is 0.337 e. The predicted octanol–water partition coefficient (Wildman–Crippen LogP) is 6.29. The Balaban J connectivity index is 1.82. The summed E-state index contributed by atoms with van der Waals surface area (Å²) in [6.07, 6.45) is 8.78.